The summed E-state index contributed by atoms with van der Waals surface area (Å²) >= 11 is 3.15. The molecule has 1 amide bonds. The number of carbonyl (C=O) groups excluding carboxylic acids is 1. The highest BCUT2D eigenvalue weighted by Crippen LogP contribution is 2.31. The van der Waals surface area contributed by atoms with Gasteiger partial charge in [-0.15, -0.1) is 21.5 Å². The number of nitrogens with zero attached hydrogens (tertiary/aromatic N) is 3. The topological polar surface area (TPSA) is 59.8 Å². The number of carbonyl (C=O) groups is 1. The highest BCUT2D eigenvalue weighted by molar-refractivity contribution is 7.99. The Morgan fingerprint density at radius 3 is 2.63 bits per heavy atom. The van der Waals surface area contributed by atoms with E-state index in [4.69, 9.17) is 0 Å². The number of thioether (sulfide) groups is 1. The van der Waals surface area contributed by atoms with Crippen LogP contribution in [0, 0.1) is 13.8 Å². The van der Waals surface area contributed by atoms with Crippen molar-refractivity contribution in [2.45, 2.75) is 45.4 Å². The zero-order valence-corrected chi connectivity index (χ0v) is 17.7. The van der Waals surface area contributed by atoms with Gasteiger partial charge in [-0.1, -0.05) is 42.1 Å². The van der Waals surface area contributed by atoms with Crippen LogP contribution in [0.1, 0.15) is 35.9 Å². The zero-order valence-electron chi connectivity index (χ0n) is 16.0. The lowest BCUT2D eigenvalue weighted by Crippen LogP contribution is -2.28. The highest BCUT2D eigenvalue weighted by atomic mass is 32.2. The smallest absolute Gasteiger partial charge is 0.230 e. The Hall–Kier alpha value is -2.12. The van der Waals surface area contributed by atoms with Crippen LogP contribution in [0.2, 0.25) is 0 Å². The Labute approximate surface area is 168 Å². The molecule has 0 aliphatic carbocycles. The van der Waals surface area contributed by atoms with Crippen molar-refractivity contribution in [3.63, 3.8) is 0 Å². The van der Waals surface area contributed by atoms with Crippen LogP contribution in [0.4, 0.5) is 0 Å². The number of aryl methyl sites for hydroxylation is 1. The van der Waals surface area contributed by atoms with Gasteiger partial charge in [0, 0.05) is 22.4 Å². The SMILES string of the molecule is CCn1c(SCC(=O)NC(C)c2ccccc2)nnc1-c1csc(C)c1C. The van der Waals surface area contributed by atoms with E-state index in [0.29, 0.717) is 5.75 Å². The molecule has 0 saturated heterocycles. The van der Waals surface area contributed by atoms with Crippen LogP contribution in [0.15, 0.2) is 40.9 Å². The van der Waals surface area contributed by atoms with Gasteiger partial charge in [-0.05, 0) is 38.8 Å². The van der Waals surface area contributed by atoms with Crippen molar-refractivity contribution in [3.8, 4) is 11.4 Å². The van der Waals surface area contributed by atoms with E-state index < -0.39 is 0 Å². The van der Waals surface area contributed by atoms with Gasteiger partial charge in [-0.3, -0.25) is 4.79 Å². The maximum Gasteiger partial charge on any atom is 0.230 e. The third kappa shape index (κ3) is 4.42. The van der Waals surface area contributed by atoms with Crippen molar-refractivity contribution < 1.29 is 4.79 Å². The molecule has 1 atom stereocenters. The molecule has 1 N–H and O–H groups in total. The fraction of sp³-hybridized carbons (Fsp3) is 0.350. The van der Waals surface area contributed by atoms with Crippen LogP contribution in [0.3, 0.4) is 0 Å². The molecule has 3 rings (SSSR count). The van der Waals surface area contributed by atoms with Crippen molar-refractivity contribution in [3.05, 3.63) is 51.7 Å². The Balaban J connectivity index is 1.66. The fourth-order valence-corrected chi connectivity index (χ4v) is 4.53. The van der Waals surface area contributed by atoms with Gasteiger partial charge in [0.2, 0.25) is 5.91 Å². The van der Waals surface area contributed by atoms with Gasteiger partial charge in [-0.25, -0.2) is 0 Å². The molecule has 5 nitrogen and oxygen atoms in total. The van der Waals surface area contributed by atoms with Crippen molar-refractivity contribution in [2.24, 2.45) is 0 Å². The van der Waals surface area contributed by atoms with Crippen LogP contribution in [-0.2, 0) is 11.3 Å². The summed E-state index contributed by atoms with van der Waals surface area (Å²) in [6.07, 6.45) is 0. The first-order chi connectivity index (χ1) is 13.0. The van der Waals surface area contributed by atoms with E-state index >= 15 is 0 Å². The number of aromatic nitrogens is 3. The predicted octanol–water partition coefficient (Wildman–Crippen LogP) is 4.61. The molecule has 0 aliphatic rings. The van der Waals surface area contributed by atoms with E-state index in [9.17, 15) is 4.79 Å². The molecule has 0 saturated carbocycles. The van der Waals surface area contributed by atoms with Crippen molar-refractivity contribution in [1.29, 1.82) is 0 Å². The average molecular weight is 401 g/mol. The molecule has 0 fully saturated rings. The van der Waals surface area contributed by atoms with Crippen molar-refractivity contribution >= 4 is 29.0 Å². The van der Waals surface area contributed by atoms with E-state index in [1.165, 1.54) is 22.2 Å². The fourth-order valence-electron chi connectivity index (χ4n) is 2.85. The maximum absolute atomic E-state index is 12.3. The standard InChI is InChI=1S/C20H24N4OS2/c1-5-24-19(17-11-26-15(4)13(17)2)22-23-20(24)27-12-18(25)21-14(3)16-9-7-6-8-10-16/h6-11,14H,5,12H2,1-4H3,(H,21,25). The molecule has 0 aliphatic heterocycles. The normalized spacial score (nSPS) is 12.1. The number of thiophene rings is 1. The lowest BCUT2D eigenvalue weighted by atomic mass is 10.1. The number of hydrogen-bond acceptors (Lipinski definition) is 5. The molecule has 2 heterocycles. The first-order valence-electron chi connectivity index (χ1n) is 8.96. The van der Waals surface area contributed by atoms with E-state index in [0.717, 1.165) is 28.7 Å². The number of rotatable bonds is 7. The number of nitrogens with one attached hydrogen (secondary N) is 1. The molecular formula is C20H24N4OS2. The minimum Gasteiger partial charge on any atom is -0.349 e. The van der Waals surface area contributed by atoms with Gasteiger partial charge in [0.1, 0.15) is 0 Å². The molecule has 27 heavy (non-hydrogen) atoms. The summed E-state index contributed by atoms with van der Waals surface area (Å²) in [6, 6.07) is 9.94. The van der Waals surface area contributed by atoms with E-state index in [1.807, 2.05) is 37.3 Å². The maximum atomic E-state index is 12.3. The molecule has 7 heteroatoms. The Morgan fingerprint density at radius 2 is 2.00 bits per heavy atom. The van der Waals surface area contributed by atoms with E-state index in [1.54, 1.807) is 11.3 Å². The van der Waals surface area contributed by atoms with Crippen molar-refractivity contribution in [2.75, 3.05) is 5.75 Å². The molecular weight excluding hydrogens is 376 g/mol. The van der Waals surface area contributed by atoms with E-state index in [-0.39, 0.29) is 11.9 Å². The Morgan fingerprint density at radius 1 is 1.26 bits per heavy atom. The summed E-state index contributed by atoms with van der Waals surface area (Å²) in [5, 5.41) is 14.7. The third-order valence-corrected chi connectivity index (χ3v) is 6.55. The summed E-state index contributed by atoms with van der Waals surface area (Å²) in [5.74, 6) is 1.18. The first-order valence-corrected chi connectivity index (χ1v) is 10.8. The predicted molar refractivity (Wildman–Crippen MR) is 112 cm³/mol. The zero-order chi connectivity index (χ0) is 19.4. The van der Waals surface area contributed by atoms with Crippen molar-refractivity contribution in [1.82, 2.24) is 20.1 Å². The van der Waals surface area contributed by atoms with Crippen LogP contribution in [0.5, 0.6) is 0 Å². The van der Waals surface area contributed by atoms with E-state index in [2.05, 4.69) is 46.2 Å². The average Bonchev–Trinajstić information content (AvgIpc) is 3.23. The summed E-state index contributed by atoms with van der Waals surface area (Å²) in [6.45, 7) is 9.06. The minimum absolute atomic E-state index is 0.00823. The number of amides is 1. The molecule has 0 spiro atoms. The van der Waals surface area contributed by atoms with Gasteiger partial charge in [0.05, 0.1) is 11.8 Å². The molecule has 1 aromatic carbocycles. The minimum atomic E-state index is -0.0182. The molecule has 3 aromatic rings. The lowest BCUT2D eigenvalue weighted by molar-refractivity contribution is -0.119. The monoisotopic (exact) mass is 400 g/mol. The van der Waals surface area contributed by atoms with Gasteiger partial charge >= 0.3 is 0 Å². The first kappa shape index (κ1) is 19.6. The largest absolute Gasteiger partial charge is 0.349 e. The number of benzene rings is 1. The second-order valence-electron chi connectivity index (χ2n) is 6.37. The Bertz CT molecular complexity index is 917. The molecule has 2 aromatic heterocycles. The van der Waals surface area contributed by atoms with Crippen LogP contribution < -0.4 is 5.32 Å². The van der Waals surface area contributed by atoms with Gasteiger partial charge in [0.25, 0.3) is 0 Å². The third-order valence-electron chi connectivity index (χ3n) is 4.57. The Kier molecular flexibility index (Phi) is 6.34. The second kappa shape index (κ2) is 8.71. The lowest BCUT2D eigenvalue weighted by Gasteiger charge is -2.14. The van der Waals surface area contributed by atoms with Crippen LogP contribution in [-0.4, -0.2) is 26.4 Å². The summed E-state index contributed by atoms with van der Waals surface area (Å²) in [7, 11) is 0. The summed E-state index contributed by atoms with van der Waals surface area (Å²) in [5.41, 5.74) is 3.46. The second-order valence-corrected chi connectivity index (χ2v) is 8.40. The summed E-state index contributed by atoms with van der Waals surface area (Å²) < 4.78 is 2.08. The van der Waals surface area contributed by atoms with Gasteiger partial charge in [0.15, 0.2) is 11.0 Å². The summed E-state index contributed by atoms with van der Waals surface area (Å²) in [4.78, 5) is 13.6. The highest BCUT2D eigenvalue weighted by Gasteiger charge is 2.18. The van der Waals surface area contributed by atoms with Crippen LogP contribution >= 0.6 is 23.1 Å². The van der Waals surface area contributed by atoms with Crippen LogP contribution in [0.25, 0.3) is 11.4 Å². The molecule has 0 bridgehead atoms. The van der Waals surface area contributed by atoms with Gasteiger partial charge in [-0.2, -0.15) is 0 Å². The van der Waals surface area contributed by atoms with Gasteiger partial charge < -0.3 is 9.88 Å². The quantitative estimate of drug-likeness (QED) is 0.588. The number of hydrogen-bond donors (Lipinski definition) is 1. The molecule has 142 valence electrons. The molecule has 0 radical (unpaired) electrons. The molecule has 1 unspecified atom stereocenters.